The molecule has 1 atom stereocenters. The summed E-state index contributed by atoms with van der Waals surface area (Å²) in [7, 11) is 0. The van der Waals surface area contributed by atoms with Crippen molar-refractivity contribution in [1.82, 2.24) is 0 Å². The highest BCUT2D eigenvalue weighted by atomic mass is 79.9. The molecule has 18 heavy (non-hydrogen) atoms. The Hall–Kier alpha value is -0.600. The fourth-order valence-corrected chi connectivity index (χ4v) is 3.54. The fourth-order valence-electron chi connectivity index (χ4n) is 1.92. The van der Waals surface area contributed by atoms with Gasteiger partial charge in [-0.1, -0.05) is 67.0 Å². The van der Waals surface area contributed by atoms with Crippen molar-refractivity contribution in [2.24, 2.45) is 0 Å². The van der Waals surface area contributed by atoms with Crippen LogP contribution in [0.5, 0.6) is 0 Å². The smallest absolute Gasteiger partial charge is 0.0443 e. The standard InChI is InChI=1S/C16H19BrS/c1-16(2,3)13-8-6-12(7-9-13)15(17)11-14-5-4-10-18-14/h4-10,15H,11H2,1-3H3. The first-order chi connectivity index (χ1) is 8.47. The summed E-state index contributed by atoms with van der Waals surface area (Å²) in [6.07, 6.45) is 1.06. The molecule has 2 rings (SSSR count). The van der Waals surface area contributed by atoms with Crippen molar-refractivity contribution in [2.45, 2.75) is 37.4 Å². The lowest BCUT2D eigenvalue weighted by Gasteiger charge is -2.20. The largest absolute Gasteiger partial charge is 0.149 e. The number of thiophene rings is 1. The van der Waals surface area contributed by atoms with Gasteiger partial charge in [-0.25, -0.2) is 0 Å². The van der Waals surface area contributed by atoms with Gasteiger partial charge in [0.15, 0.2) is 0 Å². The van der Waals surface area contributed by atoms with E-state index in [1.54, 1.807) is 0 Å². The Morgan fingerprint density at radius 2 is 1.78 bits per heavy atom. The minimum atomic E-state index is 0.230. The van der Waals surface area contributed by atoms with Gasteiger partial charge in [-0.05, 0) is 34.4 Å². The van der Waals surface area contributed by atoms with Crippen LogP contribution in [0.2, 0.25) is 0 Å². The average molecular weight is 323 g/mol. The second-order valence-corrected chi connectivity index (χ2v) is 7.76. The van der Waals surface area contributed by atoms with E-state index >= 15 is 0 Å². The molecule has 1 unspecified atom stereocenters. The summed E-state index contributed by atoms with van der Waals surface area (Å²) in [5, 5.41) is 2.14. The van der Waals surface area contributed by atoms with Gasteiger partial charge in [-0.3, -0.25) is 0 Å². The molecule has 0 saturated carbocycles. The van der Waals surface area contributed by atoms with Gasteiger partial charge < -0.3 is 0 Å². The maximum Gasteiger partial charge on any atom is 0.0443 e. The molecule has 0 saturated heterocycles. The van der Waals surface area contributed by atoms with Crippen LogP contribution in [-0.2, 0) is 11.8 Å². The summed E-state index contributed by atoms with van der Waals surface area (Å²) >= 11 is 5.61. The zero-order chi connectivity index (χ0) is 13.2. The summed E-state index contributed by atoms with van der Waals surface area (Å²) in [5.41, 5.74) is 2.98. The molecule has 0 fully saturated rings. The summed E-state index contributed by atoms with van der Waals surface area (Å²) in [5.74, 6) is 0. The molecule has 2 aromatic rings. The monoisotopic (exact) mass is 322 g/mol. The van der Waals surface area contributed by atoms with Crippen LogP contribution in [0, 0.1) is 0 Å². The second-order valence-electron chi connectivity index (χ2n) is 5.62. The third-order valence-corrected chi connectivity index (χ3v) is 4.85. The van der Waals surface area contributed by atoms with Crippen LogP contribution >= 0.6 is 27.3 Å². The van der Waals surface area contributed by atoms with Gasteiger partial charge in [0.05, 0.1) is 0 Å². The van der Waals surface area contributed by atoms with E-state index in [-0.39, 0.29) is 5.41 Å². The normalized spacial score (nSPS) is 13.6. The number of rotatable bonds is 3. The van der Waals surface area contributed by atoms with Crippen LogP contribution in [0.3, 0.4) is 0 Å². The van der Waals surface area contributed by atoms with E-state index in [1.165, 1.54) is 16.0 Å². The summed E-state index contributed by atoms with van der Waals surface area (Å²) < 4.78 is 0. The Balaban J connectivity index is 2.10. The van der Waals surface area contributed by atoms with Gasteiger partial charge in [0.25, 0.3) is 0 Å². The Kier molecular flexibility index (Phi) is 4.29. The predicted molar refractivity (Wildman–Crippen MR) is 84.8 cm³/mol. The Morgan fingerprint density at radius 3 is 2.28 bits per heavy atom. The minimum Gasteiger partial charge on any atom is -0.149 e. The van der Waals surface area contributed by atoms with Crippen LogP contribution in [0.15, 0.2) is 41.8 Å². The van der Waals surface area contributed by atoms with E-state index in [1.807, 2.05) is 11.3 Å². The molecule has 0 aliphatic heterocycles. The molecule has 0 amide bonds. The zero-order valence-electron chi connectivity index (χ0n) is 11.1. The fraction of sp³-hybridized carbons (Fsp3) is 0.375. The molecule has 0 spiro atoms. The highest BCUT2D eigenvalue weighted by Crippen LogP contribution is 2.30. The highest BCUT2D eigenvalue weighted by molar-refractivity contribution is 9.09. The van der Waals surface area contributed by atoms with Crippen molar-refractivity contribution in [3.05, 3.63) is 57.8 Å². The SMILES string of the molecule is CC(C)(C)c1ccc(C(Br)Cc2cccs2)cc1. The number of hydrogen-bond acceptors (Lipinski definition) is 1. The van der Waals surface area contributed by atoms with Gasteiger partial charge in [0.2, 0.25) is 0 Å². The molecule has 2 heteroatoms. The molecule has 1 aromatic carbocycles. The molecule has 0 N–H and O–H groups in total. The van der Waals surface area contributed by atoms with Gasteiger partial charge in [-0.15, -0.1) is 11.3 Å². The van der Waals surface area contributed by atoms with Crippen LogP contribution in [0.4, 0.5) is 0 Å². The number of hydrogen-bond donors (Lipinski definition) is 0. The molecular weight excluding hydrogens is 304 g/mol. The number of halogens is 1. The van der Waals surface area contributed by atoms with Crippen molar-refractivity contribution in [1.29, 1.82) is 0 Å². The lowest BCUT2D eigenvalue weighted by atomic mass is 9.86. The minimum absolute atomic E-state index is 0.230. The first-order valence-corrected chi connectivity index (χ1v) is 8.03. The van der Waals surface area contributed by atoms with E-state index in [9.17, 15) is 0 Å². The van der Waals surface area contributed by atoms with Gasteiger partial charge in [0, 0.05) is 9.70 Å². The zero-order valence-corrected chi connectivity index (χ0v) is 13.5. The van der Waals surface area contributed by atoms with E-state index in [2.05, 4.69) is 78.5 Å². The van der Waals surface area contributed by atoms with E-state index < -0.39 is 0 Å². The highest BCUT2D eigenvalue weighted by Gasteiger charge is 2.14. The Morgan fingerprint density at radius 1 is 1.11 bits per heavy atom. The van der Waals surface area contributed by atoms with Crippen molar-refractivity contribution >= 4 is 27.3 Å². The lowest BCUT2D eigenvalue weighted by molar-refractivity contribution is 0.590. The molecule has 1 aromatic heterocycles. The predicted octanol–water partition coefficient (Wildman–Crippen LogP) is 5.72. The Bertz CT molecular complexity index is 477. The quantitative estimate of drug-likeness (QED) is 0.633. The molecular formula is C16H19BrS. The maximum absolute atomic E-state index is 3.79. The number of benzene rings is 1. The average Bonchev–Trinajstić information content (AvgIpc) is 2.81. The van der Waals surface area contributed by atoms with Crippen molar-refractivity contribution in [3.63, 3.8) is 0 Å². The third-order valence-electron chi connectivity index (χ3n) is 3.10. The van der Waals surface area contributed by atoms with E-state index in [0.29, 0.717) is 4.83 Å². The molecule has 0 nitrogen and oxygen atoms in total. The van der Waals surface area contributed by atoms with Crippen molar-refractivity contribution in [3.8, 4) is 0 Å². The van der Waals surface area contributed by atoms with Crippen LogP contribution in [-0.4, -0.2) is 0 Å². The third kappa shape index (κ3) is 3.46. The summed E-state index contributed by atoms with van der Waals surface area (Å²) in [4.78, 5) is 1.84. The molecule has 0 bridgehead atoms. The van der Waals surface area contributed by atoms with Crippen LogP contribution in [0.1, 0.15) is 41.6 Å². The molecule has 96 valence electrons. The number of alkyl halides is 1. The molecule has 0 radical (unpaired) electrons. The summed E-state index contributed by atoms with van der Waals surface area (Å²) in [6.45, 7) is 6.75. The van der Waals surface area contributed by atoms with Gasteiger partial charge in [-0.2, -0.15) is 0 Å². The lowest BCUT2D eigenvalue weighted by Crippen LogP contribution is -2.10. The Labute approximate surface area is 122 Å². The molecule has 0 aliphatic carbocycles. The van der Waals surface area contributed by atoms with E-state index in [4.69, 9.17) is 0 Å². The first-order valence-electron chi connectivity index (χ1n) is 6.24. The molecule has 1 heterocycles. The molecule has 0 aliphatic rings. The van der Waals surface area contributed by atoms with Gasteiger partial charge >= 0.3 is 0 Å². The summed E-state index contributed by atoms with van der Waals surface area (Å²) in [6, 6.07) is 13.3. The van der Waals surface area contributed by atoms with Gasteiger partial charge in [0.1, 0.15) is 0 Å². The van der Waals surface area contributed by atoms with Crippen molar-refractivity contribution < 1.29 is 0 Å². The first kappa shape index (κ1) is 13.8. The topological polar surface area (TPSA) is 0 Å². The maximum atomic E-state index is 3.79. The van der Waals surface area contributed by atoms with Crippen LogP contribution in [0.25, 0.3) is 0 Å². The van der Waals surface area contributed by atoms with Crippen molar-refractivity contribution in [2.75, 3.05) is 0 Å². The van der Waals surface area contributed by atoms with E-state index in [0.717, 1.165) is 6.42 Å². The second kappa shape index (κ2) is 5.58. The van der Waals surface area contributed by atoms with Crippen LogP contribution < -0.4 is 0 Å².